The van der Waals surface area contributed by atoms with Crippen molar-refractivity contribution in [1.82, 2.24) is 0 Å². The van der Waals surface area contributed by atoms with Crippen molar-refractivity contribution in [3.63, 3.8) is 0 Å². The highest BCUT2D eigenvalue weighted by Crippen LogP contribution is 2.16. The van der Waals surface area contributed by atoms with Crippen LogP contribution in [0.5, 0.6) is 0 Å². The number of rotatable bonds is 1. The predicted octanol–water partition coefficient (Wildman–Crippen LogP) is 1.93. The summed E-state index contributed by atoms with van der Waals surface area (Å²) in [4.78, 5) is 10.8. The molecule has 0 unspecified atom stereocenters. The zero-order valence-corrected chi connectivity index (χ0v) is 9.24. The Kier molecular flexibility index (Phi) is 4.19. The average Bonchev–Trinajstić information content (AvgIpc) is 1.97. The van der Waals surface area contributed by atoms with Gasteiger partial charge < -0.3 is 5.11 Å². The van der Waals surface area contributed by atoms with E-state index in [2.05, 4.69) is 0 Å². The van der Waals surface area contributed by atoms with E-state index in [0.717, 1.165) is 16.7 Å². The van der Waals surface area contributed by atoms with Crippen LogP contribution < -0.4 is 0 Å². The fraction of sp³-hybridized carbons (Fsp3) is 0.300. The Labute approximate surface area is 88.7 Å². The van der Waals surface area contributed by atoms with E-state index >= 15 is 0 Å². The van der Waals surface area contributed by atoms with E-state index in [0.29, 0.717) is 5.56 Å². The summed E-state index contributed by atoms with van der Waals surface area (Å²) < 4.78 is 0. The van der Waals surface area contributed by atoms with Gasteiger partial charge in [-0.25, -0.2) is 4.79 Å². The zero-order chi connectivity index (χ0) is 9.30. The number of benzene rings is 1. The molecule has 2 nitrogen and oxygen atoms in total. The molecule has 0 aromatic heterocycles. The lowest BCUT2D eigenvalue weighted by molar-refractivity contribution is 0.0695. The molecule has 0 fully saturated rings. The number of hydrogen-bond donors (Lipinski definition) is 1. The number of carboxylic acid groups (broad SMARTS) is 1. The molecule has 1 rings (SSSR count). The summed E-state index contributed by atoms with van der Waals surface area (Å²) in [5.74, 6) is -0.839. The van der Waals surface area contributed by atoms with Crippen molar-refractivity contribution in [2.75, 3.05) is 0 Å². The normalized spacial score (nSPS) is 9.15. The van der Waals surface area contributed by atoms with Gasteiger partial charge in [0.2, 0.25) is 0 Å². The number of aromatic carboxylic acids is 1. The Morgan fingerprint density at radius 1 is 1.15 bits per heavy atom. The van der Waals surface area contributed by atoms with Crippen LogP contribution in [0.3, 0.4) is 0 Å². The predicted molar refractivity (Wildman–Crippen MR) is 53.4 cm³/mol. The Morgan fingerprint density at radius 2 is 1.62 bits per heavy atom. The molecule has 0 bridgehead atoms. The summed E-state index contributed by atoms with van der Waals surface area (Å²) in [6.45, 7) is 5.57. The van der Waals surface area contributed by atoms with Crippen molar-refractivity contribution in [3.8, 4) is 0 Å². The number of aryl methyl sites for hydroxylation is 2. The van der Waals surface area contributed by atoms with Crippen LogP contribution >= 0.6 is 0 Å². The lowest BCUT2D eigenvalue weighted by Gasteiger charge is -2.07. The van der Waals surface area contributed by atoms with Gasteiger partial charge in [0.25, 0.3) is 0 Å². The highest BCUT2D eigenvalue weighted by Gasteiger charge is 2.11. The maximum absolute atomic E-state index is 10.8. The van der Waals surface area contributed by atoms with Gasteiger partial charge in [0, 0.05) is 17.4 Å². The monoisotopic (exact) mass is 191 g/mol. The number of hydrogen-bond acceptors (Lipinski definition) is 1. The molecular weight excluding hydrogens is 179 g/mol. The minimum atomic E-state index is -0.839. The second-order valence-electron chi connectivity index (χ2n) is 3.00. The first-order valence-electron chi connectivity index (χ1n) is 3.84. The van der Waals surface area contributed by atoms with Gasteiger partial charge in [-0.15, -0.1) is 0 Å². The van der Waals surface area contributed by atoms with Gasteiger partial charge in [0.05, 0.1) is 5.56 Å². The summed E-state index contributed by atoms with van der Waals surface area (Å²) in [5.41, 5.74) is 3.15. The number of carbonyl (C=O) groups is 1. The summed E-state index contributed by atoms with van der Waals surface area (Å²) in [6, 6.07) is 3.78. The molecule has 1 N–H and O–H groups in total. The summed E-state index contributed by atoms with van der Waals surface area (Å²) in [6.07, 6.45) is 0. The van der Waals surface area contributed by atoms with Gasteiger partial charge >= 0.3 is 5.97 Å². The van der Waals surface area contributed by atoms with Gasteiger partial charge in [0.1, 0.15) is 0 Å². The van der Waals surface area contributed by atoms with Gasteiger partial charge in [-0.05, 0) is 37.5 Å². The lowest BCUT2D eigenvalue weighted by Crippen LogP contribution is -2.03. The van der Waals surface area contributed by atoms with E-state index in [1.165, 1.54) is 0 Å². The molecule has 0 saturated heterocycles. The standard InChI is InChI=1S/C10H12O2.Al/c1-6-4-5-7(2)9(8(6)3)10(11)12;/h4-5H,1-3H3,(H,11,12);. The van der Waals surface area contributed by atoms with E-state index in [1.807, 2.05) is 32.9 Å². The fourth-order valence-electron chi connectivity index (χ4n) is 1.28. The smallest absolute Gasteiger partial charge is 0.336 e. The van der Waals surface area contributed by atoms with Crippen molar-refractivity contribution < 1.29 is 9.90 Å². The molecule has 0 heterocycles. The molecular formula is C10H12AlO2. The second-order valence-corrected chi connectivity index (χ2v) is 3.00. The van der Waals surface area contributed by atoms with Crippen LogP contribution in [0.4, 0.5) is 0 Å². The van der Waals surface area contributed by atoms with Crippen molar-refractivity contribution in [2.45, 2.75) is 20.8 Å². The van der Waals surface area contributed by atoms with Crippen molar-refractivity contribution in [2.24, 2.45) is 0 Å². The topological polar surface area (TPSA) is 37.3 Å². The first kappa shape index (κ1) is 12.2. The van der Waals surface area contributed by atoms with Crippen molar-refractivity contribution in [1.29, 1.82) is 0 Å². The lowest BCUT2D eigenvalue weighted by atomic mass is 9.99. The van der Waals surface area contributed by atoms with Crippen LogP contribution in [0.25, 0.3) is 0 Å². The van der Waals surface area contributed by atoms with E-state index in [1.54, 1.807) is 0 Å². The van der Waals surface area contributed by atoms with E-state index in [9.17, 15) is 4.79 Å². The molecule has 13 heavy (non-hydrogen) atoms. The first-order chi connectivity index (χ1) is 5.54. The minimum absolute atomic E-state index is 0. The van der Waals surface area contributed by atoms with Crippen molar-refractivity contribution >= 4 is 23.3 Å². The fourth-order valence-corrected chi connectivity index (χ4v) is 1.28. The third kappa shape index (κ3) is 2.33. The Hall–Kier alpha value is -0.778. The van der Waals surface area contributed by atoms with Crippen LogP contribution in [0.2, 0.25) is 0 Å². The Balaban J connectivity index is 0.00000144. The molecule has 67 valence electrons. The zero-order valence-electron chi connectivity index (χ0n) is 8.09. The van der Waals surface area contributed by atoms with E-state index in [4.69, 9.17) is 5.11 Å². The van der Waals surface area contributed by atoms with Crippen molar-refractivity contribution in [3.05, 3.63) is 34.4 Å². The third-order valence-corrected chi connectivity index (χ3v) is 2.16. The Bertz CT molecular complexity index is 332. The third-order valence-electron chi connectivity index (χ3n) is 2.16. The maximum Gasteiger partial charge on any atom is 0.336 e. The molecule has 0 spiro atoms. The van der Waals surface area contributed by atoms with Crippen LogP contribution in [0.1, 0.15) is 27.0 Å². The van der Waals surface area contributed by atoms with Crippen LogP contribution in [-0.2, 0) is 0 Å². The average molecular weight is 191 g/mol. The summed E-state index contributed by atoms with van der Waals surface area (Å²) in [7, 11) is 0. The van der Waals surface area contributed by atoms with Gasteiger partial charge in [-0.2, -0.15) is 0 Å². The maximum atomic E-state index is 10.8. The molecule has 0 amide bonds. The summed E-state index contributed by atoms with van der Waals surface area (Å²) >= 11 is 0. The minimum Gasteiger partial charge on any atom is -0.478 e. The Morgan fingerprint density at radius 3 is 2.00 bits per heavy atom. The molecule has 0 saturated carbocycles. The quantitative estimate of drug-likeness (QED) is 0.688. The second kappa shape index (κ2) is 4.46. The SMILES string of the molecule is Cc1ccc(C)c(C(=O)O)c1C.[Al]. The molecule has 3 radical (unpaired) electrons. The van der Waals surface area contributed by atoms with Gasteiger partial charge in [-0.1, -0.05) is 12.1 Å². The van der Waals surface area contributed by atoms with Gasteiger partial charge in [-0.3, -0.25) is 0 Å². The molecule has 1 aromatic carbocycles. The molecule has 0 aliphatic rings. The first-order valence-corrected chi connectivity index (χ1v) is 3.84. The highest BCUT2D eigenvalue weighted by molar-refractivity contribution is 5.91. The molecule has 0 atom stereocenters. The molecule has 3 heteroatoms. The summed E-state index contributed by atoms with van der Waals surface area (Å²) in [5, 5.41) is 8.87. The molecule has 0 aliphatic heterocycles. The highest BCUT2D eigenvalue weighted by atomic mass is 27.0. The van der Waals surface area contributed by atoms with Crippen LogP contribution in [0.15, 0.2) is 12.1 Å². The molecule has 1 aromatic rings. The number of carboxylic acids is 1. The van der Waals surface area contributed by atoms with E-state index < -0.39 is 5.97 Å². The largest absolute Gasteiger partial charge is 0.478 e. The molecule has 0 aliphatic carbocycles. The van der Waals surface area contributed by atoms with Gasteiger partial charge in [0.15, 0.2) is 0 Å². The van der Waals surface area contributed by atoms with E-state index in [-0.39, 0.29) is 17.4 Å². The van der Waals surface area contributed by atoms with Crippen LogP contribution in [0, 0.1) is 20.8 Å². The van der Waals surface area contributed by atoms with Crippen LogP contribution in [-0.4, -0.2) is 28.4 Å².